The van der Waals surface area contributed by atoms with Crippen LogP contribution in [0.4, 0.5) is 0 Å². The first kappa shape index (κ1) is 29.6. The van der Waals surface area contributed by atoms with E-state index in [2.05, 4.69) is 46.4 Å². The lowest BCUT2D eigenvalue weighted by Gasteiger charge is -2.32. The molecule has 1 saturated heterocycles. The molecule has 2 aromatic carbocycles. The smallest absolute Gasteiger partial charge is 0.121 e. The van der Waals surface area contributed by atoms with Crippen LogP contribution in [0.5, 0.6) is 5.75 Å². The van der Waals surface area contributed by atoms with Gasteiger partial charge in [0.25, 0.3) is 0 Å². The molecule has 1 heterocycles. The van der Waals surface area contributed by atoms with Gasteiger partial charge in [-0.25, -0.2) is 0 Å². The molecule has 0 spiro atoms. The van der Waals surface area contributed by atoms with Crippen LogP contribution in [0, 0.1) is 0 Å². The fourth-order valence-electron chi connectivity index (χ4n) is 4.66. The van der Waals surface area contributed by atoms with Gasteiger partial charge in [-0.05, 0) is 68.1 Å². The average Bonchev–Trinajstić information content (AvgIpc) is 2.91. The fourth-order valence-corrected chi connectivity index (χ4v) is 4.66. The summed E-state index contributed by atoms with van der Waals surface area (Å²) in [6, 6.07) is 14.0. The molecule has 0 saturated carbocycles. The van der Waals surface area contributed by atoms with Crippen molar-refractivity contribution in [1.82, 2.24) is 15.1 Å². The topological polar surface area (TPSA) is 88.4 Å². The van der Waals surface area contributed by atoms with Gasteiger partial charge in [-0.15, -0.1) is 0 Å². The zero-order chi connectivity index (χ0) is 26.3. The number of benzene rings is 2. The van der Waals surface area contributed by atoms with E-state index in [4.69, 9.17) is 4.74 Å². The number of nitrogens with one attached hydrogen (secondary N) is 1. The van der Waals surface area contributed by atoms with Gasteiger partial charge in [0.2, 0.25) is 0 Å². The highest BCUT2D eigenvalue weighted by Gasteiger charge is 2.13. The van der Waals surface area contributed by atoms with Crippen molar-refractivity contribution in [3.63, 3.8) is 0 Å². The second kappa shape index (κ2) is 16.8. The quantitative estimate of drug-likeness (QED) is 0.241. The van der Waals surface area contributed by atoms with E-state index in [1.54, 1.807) is 12.1 Å². The maximum atomic E-state index is 10.3. The minimum absolute atomic E-state index is 0.0530. The number of phenols is 1. The standard InChI is InChI=1S/C30H47N3O4/c1-32-15-17-33(18-16-32)23-26-10-8-25(9-11-26)7-6-20-37-19-5-3-2-4-14-31-22-30(36)27-12-13-29(35)28(21-27)24-34/h8-13,21,30-31,34-36H,2-7,14-20,22-24H2,1H3. The average molecular weight is 514 g/mol. The Hall–Kier alpha value is -2.00. The number of ether oxygens (including phenoxy) is 1. The molecule has 7 heteroatoms. The molecule has 1 unspecified atom stereocenters. The molecule has 1 fully saturated rings. The van der Waals surface area contributed by atoms with E-state index in [1.165, 1.54) is 17.2 Å². The lowest BCUT2D eigenvalue weighted by Crippen LogP contribution is -2.43. The lowest BCUT2D eigenvalue weighted by atomic mass is 10.1. The molecule has 0 aromatic heterocycles. The van der Waals surface area contributed by atoms with Crippen LogP contribution in [0.1, 0.15) is 60.5 Å². The van der Waals surface area contributed by atoms with Crippen molar-refractivity contribution in [2.24, 2.45) is 0 Å². The van der Waals surface area contributed by atoms with Gasteiger partial charge in [-0.2, -0.15) is 0 Å². The van der Waals surface area contributed by atoms with Crippen molar-refractivity contribution in [3.05, 3.63) is 64.7 Å². The zero-order valence-electron chi connectivity index (χ0n) is 22.6. The number of nitrogens with zero attached hydrogens (tertiary/aromatic N) is 2. The highest BCUT2D eigenvalue weighted by atomic mass is 16.5. The van der Waals surface area contributed by atoms with Crippen LogP contribution in [-0.4, -0.2) is 84.6 Å². The number of aliphatic hydroxyl groups is 2. The first-order chi connectivity index (χ1) is 18.0. The molecule has 0 bridgehead atoms. The number of piperazine rings is 1. The highest BCUT2D eigenvalue weighted by molar-refractivity contribution is 5.36. The van der Waals surface area contributed by atoms with Crippen molar-refractivity contribution in [2.45, 2.75) is 57.8 Å². The second-order valence-electron chi connectivity index (χ2n) is 10.3. The summed E-state index contributed by atoms with van der Waals surface area (Å²) >= 11 is 0. The molecule has 0 aliphatic carbocycles. The number of rotatable bonds is 17. The number of aryl methyl sites for hydroxylation is 1. The molecule has 0 radical (unpaired) electrons. The van der Waals surface area contributed by atoms with Gasteiger partial charge in [-0.3, -0.25) is 4.90 Å². The highest BCUT2D eigenvalue weighted by Crippen LogP contribution is 2.22. The van der Waals surface area contributed by atoms with E-state index >= 15 is 0 Å². The number of unbranched alkanes of at least 4 members (excludes halogenated alkanes) is 3. The second-order valence-corrected chi connectivity index (χ2v) is 10.3. The predicted octanol–water partition coefficient (Wildman–Crippen LogP) is 3.46. The van der Waals surface area contributed by atoms with Gasteiger partial charge < -0.3 is 30.3 Å². The van der Waals surface area contributed by atoms with E-state index in [0.717, 1.165) is 91.0 Å². The minimum Gasteiger partial charge on any atom is -0.508 e. The van der Waals surface area contributed by atoms with Crippen LogP contribution in [0.15, 0.2) is 42.5 Å². The van der Waals surface area contributed by atoms with Gasteiger partial charge in [0, 0.05) is 58.0 Å². The Bertz CT molecular complexity index is 885. The Morgan fingerprint density at radius 1 is 0.892 bits per heavy atom. The lowest BCUT2D eigenvalue weighted by molar-refractivity contribution is 0.127. The van der Waals surface area contributed by atoms with Crippen molar-refractivity contribution >= 4 is 0 Å². The van der Waals surface area contributed by atoms with Gasteiger partial charge in [0.15, 0.2) is 0 Å². The van der Waals surface area contributed by atoms with Crippen LogP contribution in [-0.2, 0) is 24.3 Å². The zero-order valence-corrected chi connectivity index (χ0v) is 22.6. The first-order valence-electron chi connectivity index (χ1n) is 13.9. The van der Waals surface area contributed by atoms with Gasteiger partial charge in [0.05, 0.1) is 12.7 Å². The fraction of sp³-hybridized carbons (Fsp3) is 0.600. The Labute approximate surface area is 223 Å². The molecule has 0 amide bonds. The van der Waals surface area contributed by atoms with E-state index in [-0.39, 0.29) is 12.4 Å². The Morgan fingerprint density at radius 3 is 2.35 bits per heavy atom. The summed E-state index contributed by atoms with van der Waals surface area (Å²) in [6.45, 7) is 8.42. The molecular weight excluding hydrogens is 466 g/mol. The summed E-state index contributed by atoms with van der Waals surface area (Å²) in [5, 5.41) is 32.4. The van der Waals surface area contributed by atoms with Crippen molar-refractivity contribution in [3.8, 4) is 5.75 Å². The Balaban J connectivity index is 1.13. The Morgan fingerprint density at radius 2 is 1.59 bits per heavy atom. The third-order valence-corrected chi connectivity index (χ3v) is 7.17. The molecule has 1 aliphatic rings. The van der Waals surface area contributed by atoms with Crippen LogP contribution in [0.25, 0.3) is 0 Å². The van der Waals surface area contributed by atoms with E-state index in [1.807, 2.05) is 0 Å². The molecular formula is C30H47N3O4. The molecule has 37 heavy (non-hydrogen) atoms. The number of aromatic hydroxyl groups is 1. The third-order valence-electron chi connectivity index (χ3n) is 7.17. The molecule has 2 aromatic rings. The molecule has 7 nitrogen and oxygen atoms in total. The molecule has 206 valence electrons. The minimum atomic E-state index is -0.653. The monoisotopic (exact) mass is 513 g/mol. The third kappa shape index (κ3) is 11.1. The molecule has 1 atom stereocenters. The van der Waals surface area contributed by atoms with E-state index < -0.39 is 6.10 Å². The summed E-state index contributed by atoms with van der Waals surface area (Å²) in [6.07, 6.45) is 5.91. The maximum Gasteiger partial charge on any atom is 0.121 e. The summed E-state index contributed by atoms with van der Waals surface area (Å²) < 4.78 is 5.83. The number of likely N-dealkylation sites (N-methyl/N-ethyl adjacent to an activating group) is 1. The molecule has 4 N–H and O–H groups in total. The number of hydrogen-bond donors (Lipinski definition) is 4. The van der Waals surface area contributed by atoms with E-state index in [9.17, 15) is 15.3 Å². The van der Waals surface area contributed by atoms with E-state index in [0.29, 0.717) is 17.7 Å². The van der Waals surface area contributed by atoms with Crippen molar-refractivity contribution in [2.75, 3.05) is 59.5 Å². The van der Waals surface area contributed by atoms with Crippen molar-refractivity contribution < 1.29 is 20.1 Å². The van der Waals surface area contributed by atoms with Gasteiger partial charge >= 0.3 is 0 Å². The normalized spacial score (nSPS) is 15.8. The largest absolute Gasteiger partial charge is 0.508 e. The first-order valence-corrected chi connectivity index (χ1v) is 13.9. The Kier molecular flexibility index (Phi) is 13.4. The van der Waals surface area contributed by atoms with Crippen LogP contribution in [0.2, 0.25) is 0 Å². The summed E-state index contributed by atoms with van der Waals surface area (Å²) in [7, 11) is 2.20. The predicted molar refractivity (Wildman–Crippen MR) is 149 cm³/mol. The number of hydrogen-bond acceptors (Lipinski definition) is 7. The SMILES string of the molecule is CN1CCN(Cc2ccc(CCCOCCCCCCNCC(O)c3ccc(O)c(CO)c3)cc2)CC1. The van der Waals surface area contributed by atoms with Crippen molar-refractivity contribution in [1.29, 1.82) is 0 Å². The van der Waals surface area contributed by atoms with Crippen LogP contribution < -0.4 is 5.32 Å². The molecule has 1 aliphatic heterocycles. The molecule has 3 rings (SSSR count). The summed E-state index contributed by atoms with van der Waals surface area (Å²) in [5.74, 6) is 0.0530. The number of aliphatic hydroxyl groups excluding tert-OH is 2. The summed E-state index contributed by atoms with van der Waals surface area (Å²) in [5.41, 5.74) is 3.93. The van der Waals surface area contributed by atoms with Gasteiger partial charge in [0.1, 0.15) is 5.75 Å². The maximum absolute atomic E-state index is 10.3. The van der Waals surface area contributed by atoms with Crippen LogP contribution in [0.3, 0.4) is 0 Å². The van der Waals surface area contributed by atoms with Crippen LogP contribution >= 0.6 is 0 Å². The summed E-state index contributed by atoms with van der Waals surface area (Å²) in [4.78, 5) is 4.93. The van der Waals surface area contributed by atoms with Gasteiger partial charge in [-0.1, -0.05) is 43.2 Å².